The predicted molar refractivity (Wildman–Crippen MR) is 86.6 cm³/mol. The zero-order valence-corrected chi connectivity index (χ0v) is 13.6. The average Bonchev–Trinajstić information content (AvgIpc) is 2.57. The maximum atomic E-state index is 12.2. The number of benzene rings is 1. The van der Waals surface area contributed by atoms with E-state index < -0.39 is 0 Å². The van der Waals surface area contributed by atoms with Crippen molar-refractivity contribution in [2.75, 3.05) is 19.8 Å². The third kappa shape index (κ3) is 4.45. The van der Waals surface area contributed by atoms with Gasteiger partial charge in [-0.1, -0.05) is 12.1 Å². The van der Waals surface area contributed by atoms with Crippen LogP contribution in [0.3, 0.4) is 0 Å². The molecule has 126 valence electrons. The Balaban J connectivity index is 1.47. The summed E-state index contributed by atoms with van der Waals surface area (Å²) in [6, 6.07) is 7.89. The smallest absolute Gasteiger partial charge is 0.224 e. The monoisotopic (exact) mass is 319 g/mol. The van der Waals surface area contributed by atoms with Crippen molar-refractivity contribution < 1.29 is 19.0 Å². The molecule has 1 heterocycles. The summed E-state index contributed by atoms with van der Waals surface area (Å²) in [5.74, 6) is 0.902. The Morgan fingerprint density at radius 2 is 1.91 bits per heavy atom. The van der Waals surface area contributed by atoms with E-state index in [0.717, 1.165) is 30.6 Å². The number of carbonyl (C=O) groups excluding carboxylic acids is 1. The van der Waals surface area contributed by atoms with Crippen LogP contribution in [0.15, 0.2) is 24.3 Å². The number of hydrogen-bond acceptors (Lipinski definition) is 4. The number of fused-ring (bicyclic) bond motifs is 1. The van der Waals surface area contributed by atoms with Crippen molar-refractivity contribution in [1.82, 2.24) is 5.32 Å². The number of amides is 1. The van der Waals surface area contributed by atoms with Gasteiger partial charge < -0.3 is 19.5 Å². The summed E-state index contributed by atoms with van der Waals surface area (Å²) in [7, 11) is 0. The first-order valence-corrected chi connectivity index (χ1v) is 8.49. The average molecular weight is 319 g/mol. The van der Waals surface area contributed by atoms with Gasteiger partial charge in [0.05, 0.1) is 38.4 Å². The van der Waals surface area contributed by atoms with Gasteiger partial charge in [0.25, 0.3) is 0 Å². The van der Waals surface area contributed by atoms with Crippen molar-refractivity contribution in [3.63, 3.8) is 0 Å². The number of carbonyl (C=O) groups is 1. The molecule has 0 spiro atoms. The van der Waals surface area contributed by atoms with Gasteiger partial charge in [0, 0.05) is 6.04 Å². The van der Waals surface area contributed by atoms with Crippen LogP contribution in [0.4, 0.5) is 0 Å². The molecule has 3 atom stereocenters. The van der Waals surface area contributed by atoms with Gasteiger partial charge in [-0.3, -0.25) is 4.79 Å². The lowest BCUT2D eigenvalue weighted by atomic mass is 9.89. The molecule has 1 aromatic carbocycles. The molecule has 1 saturated heterocycles. The fraction of sp³-hybridized carbons (Fsp3) is 0.611. The van der Waals surface area contributed by atoms with Crippen molar-refractivity contribution in [2.24, 2.45) is 0 Å². The van der Waals surface area contributed by atoms with E-state index in [2.05, 4.69) is 5.32 Å². The number of hydrogen-bond donors (Lipinski definition) is 1. The quantitative estimate of drug-likeness (QED) is 0.903. The highest BCUT2D eigenvalue weighted by molar-refractivity contribution is 5.78. The first kappa shape index (κ1) is 16.3. The van der Waals surface area contributed by atoms with Crippen LogP contribution in [0.5, 0.6) is 5.75 Å². The number of rotatable bonds is 5. The van der Waals surface area contributed by atoms with E-state index in [1.807, 2.05) is 31.2 Å². The maximum absolute atomic E-state index is 12.2. The molecular formula is C18H25NO4. The van der Waals surface area contributed by atoms with E-state index in [1.165, 1.54) is 0 Å². The van der Waals surface area contributed by atoms with Gasteiger partial charge in [-0.05, 0) is 43.9 Å². The van der Waals surface area contributed by atoms with Crippen LogP contribution in [0.25, 0.3) is 0 Å². The van der Waals surface area contributed by atoms with Gasteiger partial charge >= 0.3 is 0 Å². The summed E-state index contributed by atoms with van der Waals surface area (Å²) in [5.41, 5.74) is 0.997. The van der Waals surface area contributed by atoms with E-state index in [4.69, 9.17) is 14.2 Å². The molecule has 3 rings (SSSR count). The molecule has 1 aliphatic carbocycles. The molecule has 1 aromatic rings. The summed E-state index contributed by atoms with van der Waals surface area (Å²) >= 11 is 0. The van der Waals surface area contributed by atoms with Crippen molar-refractivity contribution in [3.05, 3.63) is 29.8 Å². The minimum Gasteiger partial charge on any atom is -0.494 e. The van der Waals surface area contributed by atoms with Crippen LogP contribution < -0.4 is 10.1 Å². The van der Waals surface area contributed by atoms with Gasteiger partial charge in [-0.15, -0.1) is 0 Å². The third-order valence-corrected chi connectivity index (χ3v) is 4.44. The van der Waals surface area contributed by atoms with E-state index >= 15 is 0 Å². The lowest BCUT2D eigenvalue weighted by Gasteiger charge is -2.39. The molecule has 2 aliphatic rings. The van der Waals surface area contributed by atoms with Crippen molar-refractivity contribution in [2.45, 2.75) is 50.9 Å². The van der Waals surface area contributed by atoms with Crippen LogP contribution in [0, 0.1) is 0 Å². The van der Waals surface area contributed by atoms with Gasteiger partial charge in [0.2, 0.25) is 5.91 Å². The largest absolute Gasteiger partial charge is 0.494 e. The van der Waals surface area contributed by atoms with E-state index in [0.29, 0.717) is 26.2 Å². The molecule has 1 N–H and O–H groups in total. The van der Waals surface area contributed by atoms with Crippen LogP contribution in [0.1, 0.15) is 31.7 Å². The van der Waals surface area contributed by atoms with Gasteiger partial charge in [0.1, 0.15) is 5.75 Å². The number of nitrogens with one attached hydrogen (secondary N) is 1. The Bertz CT molecular complexity index is 516. The summed E-state index contributed by atoms with van der Waals surface area (Å²) in [4.78, 5) is 12.2. The van der Waals surface area contributed by atoms with Crippen LogP contribution in [0.2, 0.25) is 0 Å². The summed E-state index contributed by atoms with van der Waals surface area (Å²) in [6.07, 6.45) is 3.50. The Morgan fingerprint density at radius 1 is 1.17 bits per heavy atom. The van der Waals surface area contributed by atoms with E-state index in [-0.39, 0.29) is 24.2 Å². The highest BCUT2D eigenvalue weighted by atomic mass is 16.6. The lowest BCUT2D eigenvalue weighted by molar-refractivity contribution is -0.158. The molecule has 0 radical (unpaired) electrons. The second-order valence-corrected chi connectivity index (χ2v) is 6.15. The second kappa shape index (κ2) is 7.79. The minimum absolute atomic E-state index is 0.0642. The maximum Gasteiger partial charge on any atom is 0.224 e. The Kier molecular flexibility index (Phi) is 5.51. The molecule has 1 amide bonds. The molecule has 2 fully saturated rings. The fourth-order valence-corrected chi connectivity index (χ4v) is 3.33. The van der Waals surface area contributed by atoms with E-state index in [1.54, 1.807) is 0 Å². The van der Waals surface area contributed by atoms with Crippen LogP contribution in [-0.2, 0) is 20.7 Å². The van der Waals surface area contributed by atoms with Crippen molar-refractivity contribution in [3.8, 4) is 5.75 Å². The SMILES string of the molecule is CCOc1ccc(CC(=O)NC2CCC3OCCOC3C2)cc1. The highest BCUT2D eigenvalue weighted by Crippen LogP contribution is 2.26. The molecule has 23 heavy (non-hydrogen) atoms. The molecule has 5 nitrogen and oxygen atoms in total. The third-order valence-electron chi connectivity index (χ3n) is 4.44. The van der Waals surface area contributed by atoms with Crippen molar-refractivity contribution in [1.29, 1.82) is 0 Å². The summed E-state index contributed by atoms with van der Waals surface area (Å²) in [5, 5.41) is 3.13. The standard InChI is InChI=1S/C18H25NO4/c1-2-21-15-6-3-13(4-7-15)11-18(20)19-14-5-8-16-17(12-14)23-10-9-22-16/h3-4,6-7,14,16-17H,2,5,8-12H2,1H3,(H,19,20). The predicted octanol–water partition coefficient (Wildman–Crippen LogP) is 2.08. The topological polar surface area (TPSA) is 56.8 Å². The zero-order valence-electron chi connectivity index (χ0n) is 13.6. The minimum atomic E-state index is 0.0642. The van der Waals surface area contributed by atoms with Crippen LogP contribution in [-0.4, -0.2) is 44.0 Å². The Hall–Kier alpha value is -1.59. The fourth-order valence-electron chi connectivity index (χ4n) is 3.33. The second-order valence-electron chi connectivity index (χ2n) is 6.15. The molecule has 3 unspecified atom stereocenters. The Labute approximate surface area is 137 Å². The van der Waals surface area contributed by atoms with E-state index in [9.17, 15) is 4.79 Å². The summed E-state index contributed by atoms with van der Waals surface area (Å²) in [6.45, 7) is 3.95. The van der Waals surface area contributed by atoms with Gasteiger partial charge in [-0.2, -0.15) is 0 Å². The Morgan fingerprint density at radius 3 is 2.65 bits per heavy atom. The summed E-state index contributed by atoms with van der Waals surface area (Å²) < 4.78 is 16.9. The highest BCUT2D eigenvalue weighted by Gasteiger charge is 2.34. The molecular weight excluding hydrogens is 294 g/mol. The first-order valence-electron chi connectivity index (χ1n) is 8.49. The van der Waals surface area contributed by atoms with Gasteiger partial charge in [0.15, 0.2) is 0 Å². The lowest BCUT2D eigenvalue weighted by Crippen LogP contribution is -2.49. The first-order chi connectivity index (χ1) is 11.2. The molecule has 1 aliphatic heterocycles. The molecule has 5 heteroatoms. The van der Waals surface area contributed by atoms with Crippen LogP contribution >= 0.6 is 0 Å². The molecule has 0 bridgehead atoms. The van der Waals surface area contributed by atoms with Crippen molar-refractivity contribution >= 4 is 5.91 Å². The number of ether oxygens (including phenoxy) is 3. The molecule has 1 saturated carbocycles. The zero-order chi connectivity index (χ0) is 16.1. The van der Waals surface area contributed by atoms with Gasteiger partial charge in [-0.25, -0.2) is 0 Å². The molecule has 0 aromatic heterocycles. The normalized spacial score (nSPS) is 27.1.